The molecule has 6 nitrogen and oxygen atoms in total. The summed E-state index contributed by atoms with van der Waals surface area (Å²) in [5, 5.41) is 9.31. The molecule has 1 N–H and O–H groups in total. The molecule has 1 aliphatic rings. The summed E-state index contributed by atoms with van der Waals surface area (Å²) in [4.78, 5) is 13.4. The maximum Gasteiger partial charge on any atom is 0.336 e. The van der Waals surface area contributed by atoms with Crippen molar-refractivity contribution < 1.29 is 23.1 Å². The summed E-state index contributed by atoms with van der Waals surface area (Å²) >= 11 is 0. The smallest absolute Gasteiger partial charge is 0.336 e. The van der Waals surface area contributed by atoms with Gasteiger partial charge in [-0.3, -0.25) is 4.90 Å². The molecule has 0 aliphatic carbocycles. The fourth-order valence-electron chi connectivity index (χ4n) is 2.95. The molecule has 1 atom stereocenters. The Morgan fingerprint density at radius 3 is 2.74 bits per heavy atom. The van der Waals surface area contributed by atoms with Crippen LogP contribution in [0.25, 0.3) is 0 Å². The van der Waals surface area contributed by atoms with Crippen molar-refractivity contribution in [2.24, 2.45) is 0 Å². The van der Waals surface area contributed by atoms with Crippen molar-refractivity contribution in [3.8, 4) is 0 Å². The molecule has 0 aromatic heterocycles. The van der Waals surface area contributed by atoms with Crippen molar-refractivity contribution in [2.75, 3.05) is 31.8 Å². The molecule has 0 spiro atoms. The van der Waals surface area contributed by atoms with E-state index < -0.39 is 15.8 Å². The van der Waals surface area contributed by atoms with Gasteiger partial charge in [0.2, 0.25) is 0 Å². The third-order valence-corrected chi connectivity index (χ3v) is 5.89. The number of carboxylic acids is 1. The Bertz CT molecular complexity index is 644. The zero-order valence-electron chi connectivity index (χ0n) is 13.3. The number of carboxylic acid groups (broad SMARTS) is 1. The van der Waals surface area contributed by atoms with Crippen LogP contribution >= 0.6 is 0 Å². The predicted octanol–water partition coefficient (Wildman–Crippen LogP) is 1.41. The average Bonchev–Trinajstić information content (AvgIpc) is 2.87. The Balaban J connectivity index is 2.16. The van der Waals surface area contributed by atoms with E-state index in [1.807, 2.05) is 0 Å². The summed E-state index contributed by atoms with van der Waals surface area (Å²) in [5.41, 5.74) is 0.979. The first-order valence-electron chi connectivity index (χ1n) is 7.67. The van der Waals surface area contributed by atoms with Gasteiger partial charge in [-0.05, 0) is 24.5 Å². The minimum atomic E-state index is -2.98. The number of nitrogens with zero attached hydrogens (tertiary/aromatic N) is 1. The quantitative estimate of drug-likeness (QED) is 0.720. The van der Waals surface area contributed by atoms with Crippen molar-refractivity contribution in [3.05, 3.63) is 35.4 Å². The number of hydrogen-bond acceptors (Lipinski definition) is 5. The fourth-order valence-corrected chi connectivity index (χ4v) is 4.71. The molecule has 23 heavy (non-hydrogen) atoms. The number of ether oxygens (including phenoxy) is 1. The number of rotatable bonds is 8. The summed E-state index contributed by atoms with van der Waals surface area (Å²) < 4.78 is 28.6. The lowest BCUT2D eigenvalue weighted by Gasteiger charge is -2.28. The molecule has 1 heterocycles. The molecule has 1 saturated heterocycles. The van der Waals surface area contributed by atoms with Crippen molar-refractivity contribution in [1.82, 2.24) is 4.90 Å². The Hall–Kier alpha value is -1.44. The monoisotopic (exact) mass is 341 g/mol. The summed E-state index contributed by atoms with van der Waals surface area (Å²) in [6, 6.07) is 6.81. The number of carbonyl (C=O) groups is 1. The van der Waals surface area contributed by atoms with Gasteiger partial charge in [-0.25, -0.2) is 13.2 Å². The van der Waals surface area contributed by atoms with Crippen LogP contribution in [0.4, 0.5) is 0 Å². The first-order valence-corrected chi connectivity index (χ1v) is 9.49. The number of hydrogen-bond donors (Lipinski definition) is 1. The van der Waals surface area contributed by atoms with Crippen LogP contribution in [0.5, 0.6) is 0 Å². The molecular formula is C16H23NO5S. The maximum absolute atomic E-state index is 11.8. The van der Waals surface area contributed by atoms with Gasteiger partial charge in [0.1, 0.15) is 0 Å². The predicted molar refractivity (Wildman–Crippen MR) is 87.4 cm³/mol. The first kappa shape index (κ1) is 17.9. The van der Waals surface area contributed by atoms with Crippen LogP contribution in [0.1, 0.15) is 28.8 Å². The lowest BCUT2D eigenvalue weighted by atomic mass is 10.1. The van der Waals surface area contributed by atoms with Crippen molar-refractivity contribution in [3.63, 3.8) is 0 Å². The summed E-state index contributed by atoms with van der Waals surface area (Å²) in [6.45, 7) is 1.71. The second-order valence-electron chi connectivity index (χ2n) is 5.84. The second-order valence-corrected chi connectivity index (χ2v) is 8.06. The highest BCUT2D eigenvalue weighted by Crippen LogP contribution is 2.21. The highest BCUT2D eigenvalue weighted by atomic mass is 32.2. The number of sulfone groups is 1. The van der Waals surface area contributed by atoms with Crippen LogP contribution in [0, 0.1) is 0 Å². The third kappa shape index (κ3) is 5.02. The molecule has 0 radical (unpaired) electrons. The van der Waals surface area contributed by atoms with E-state index in [0.29, 0.717) is 31.7 Å². The van der Waals surface area contributed by atoms with Crippen LogP contribution in [-0.4, -0.2) is 62.2 Å². The van der Waals surface area contributed by atoms with Gasteiger partial charge in [-0.1, -0.05) is 18.2 Å². The number of methoxy groups -OCH3 is 1. The number of aromatic carboxylic acids is 1. The minimum absolute atomic E-state index is 0.0568. The van der Waals surface area contributed by atoms with E-state index >= 15 is 0 Å². The van der Waals surface area contributed by atoms with Crippen LogP contribution in [0.15, 0.2) is 24.3 Å². The van der Waals surface area contributed by atoms with Gasteiger partial charge >= 0.3 is 5.97 Å². The van der Waals surface area contributed by atoms with Crippen molar-refractivity contribution in [1.29, 1.82) is 0 Å². The molecule has 1 aliphatic heterocycles. The van der Waals surface area contributed by atoms with Crippen LogP contribution < -0.4 is 0 Å². The second kappa shape index (κ2) is 7.90. The van der Waals surface area contributed by atoms with Gasteiger partial charge in [0.15, 0.2) is 9.84 Å². The zero-order chi connectivity index (χ0) is 16.9. The minimum Gasteiger partial charge on any atom is -0.478 e. The van der Waals surface area contributed by atoms with Gasteiger partial charge in [-0.15, -0.1) is 0 Å². The summed E-state index contributed by atoms with van der Waals surface area (Å²) in [6.07, 6.45) is 1.38. The van der Waals surface area contributed by atoms with Gasteiger partial charge in [0.25, 0.3) is 0 Å². The molecule has 1 aromatic rings. The van der Waals surface area contributed by atoms with Gasteiger partial charge in [-0.2, -0.15) is 0 Å². The molecule has 0 bridgehead atoms. The van der Waals surface area contributed by atoms with Crippen molar-refractivity contribution in [2.45, 2.75) is 25.4 Å². The summed E-state index contributed by atoms with van der Waals surface area (Å²) in [5.74, 6) is -0.606. The van der Waals surface area contributed by atoms with E-state index in [1.54, 1.807) is 31.4 Å². The molecule has 1 unspecified atom stereocenters. The highest BCUT2D eigenvalue weighted by molar-refractivity contribution is 7.91. The lowest BCUT2D eigenvalue weighted by Crippen LogP contribution is -2.37. The molecular weight excluding hydrogens is 318 g/mol. The van der Waals surface area contributed by atoms with Gasteiger partial charge in [0.05, 0.1) is 17.1 Å². The normalized spacial score (nSPS) is 20.0. The van der Waals surface area contributed by atoms with Crippen LogP contribution in [-0.2, 0) is 21.1 Å². The Morgan fingerprint density at radius 2 is 2.13 bits per heavy atom. The lowest BCUT2D eigenvalue weighted by molar-refractivity contribution is 0.0693. The van der Waals surface area contributed by atoms with E-state index in [1.165, 1.54) is 0 Å². The van der Waals surface area contributed by atoms with E-state index in [-0.39, 0.29) is 23.1 Å². The van der Waals surface area contributed by atoms with Gasteiger partial charge < -0.3 is 9.84 Å². The van der Waals surface area contributed by atoms with E-state index in [0.717, 1.165) is 6.42 Å². The average molecular weight is 341 g/mol. The van der Waals surface area contributed by atoms with E-state index in [2.05, 4.69) is 4.90 Å². The molecule has 128 valence electrons. The Morgan fingerprint density at radius 1 is 1.39 bits per heavy atom. The molecule has 0 amide bonds. The third-order valence-electron chi connectivity index (χ3n) is 4.14. The molecule has 7 heteroatoms. The Labute approximate surface area is 137 Å². The highest BCUT2D eigenvalue weighted by Gasteiger charge is 2.32. The summed E-state index contributed by atoms with van der Waals surface area (Å²) in [7, 11) is -1.35. The van der Waals surface area contributed by atoms with E-state index in [9.17, 15) is 18.3 Å². The maximum atomic E-state index is 11.8. The molecule has 2 rings (SSSR count). The molecule has 0 saturated carbocycles. The molecule has 1 aromatic carbocycles. The zero-order valence-corrected chi connectivity index (χ0v) is 14.1. The van der Waals surface area contributed by atoms with Crippen LogP contribution in [0.3, 0.4) is 0 Å². The standard InChI is InChI=1S/C16H23NO5S/c1-22-9-4-8-17(14-7-10-23(20,21)12-14)11-13-5-2-3-6-15(13)16(18)19/h2-3,5-6,14H,4,7-12H2,1H3,(H,18,19). The molecule has 1 fully saturated rings. The first-order chi connectivity index (χ1) is 10.9. The Kier molecular flexibility index (Phi) is 6.15. The largest absolute Gasteiger partial charge is 0.478 e. The SMILES string of the molecule is COCCCN(Cc1ccccc1C(=O)O)C1CCS(=O)(=O)C1. The van der Waals surface area contributed by atoms with Crippen molar-refractivity contribution >= 4 is 15.8 Å². The topological polar surface area (TPSA) is 83.9 Å². The van der Waals surface area contributed by atoms with E-state index in [4.69, 9.17) is 4.74 Å². The fraction of sp³-hybridized carbons (Fsp3) is 0.562. The van der Waals surface area contributed by atoms with Crippen LogP contribution in [0.2, 0.25) is 0 Å². The number of benzene rings is 1. The van der Waals surface area contributed by atoms with Gasteiger partial charge in [0, 0.05) is 32.8 Å².